The lowest BCUT2D eigenvalue weighted by Crippen LogP contribution is -2.58. The van der Waals surface area contributed by atoms with Gasteiger partial charge >= 0.3 is 11.9 Å². The quantitative estimate of drug-likeness (QED) is 0.143. The fourth-order valence-electron chi connectivity index (χ4n) is 2.49. The zero-order valence-electron chi connectivity index (χ0n) is 17.8. The molecular formula is C18H32N4O8S. The Morgan fingerprint density at radius 2 is 1.42 bits per heavy atom. The Bertz CT molecular complexity index is 646. The number of hydrogen-bond donors (Lipinski definition) is 7. The van der Waals surface area contributed by atoms with E-state index in [9.17, 15) is 29.1 Å². The van der Waals surface area contributed by atoms with Crippen molar-refractivity contribution in [2.24, 2.45) is 11.7 Å². The van der Waals surface area contributed by atoms with Crippen LogP contribution >= 0.6 is 11.8 Å². The highest BCUT2D eigenvalue weighted by Gasteiger charge is 2.31. The van der Waals surface area contributed by atoms with Gasteiger partial charge in [0.15, 0.2) is 0 Å². The first-order chi connectivity index (χ1) is 14.4. The van der Waals surface area contributed by atoms with Crippen molar-refractivity contribution in [3.63, 3.8) is 0 Å². The monoisotopic (exact) mass is 464 g/mol. The van der Waals surface area contributed by atoms with E-state index < -0.39 is 66.9 Å². The highest BCUT2D eigenvalue weighted by molar-refractivity contribution is 7.98. The molecule has 31 heavy (non-hydrogen) atoms. The van der Waals surface area contributed by atoms with Gasteiger partial charge in [0, 0.05) is 0 Å². The summed E-state index contributed by atoms with van der Waals surface area (Å²) < 4.78 is 0. The van der Waals surface area contributed by atoms with Crippen molar-refractivity contribution in [2.45, 2.75) is 57.3 Å². The predicted molar refractivity (Wildman–Crippen MR) is 113 cm³/mol. The topological polar surface area (TPSA) is 208 Å². The largest absolute Gasteiger partial charge is 0.481 e. The van der Waals surface area contributed by atoms with Crippen LogP contribution in [0.15, 0.2) is 0 Å². The number of nitrogens with two attached hydrogens (primary N) is 1. The summed E-state index contributed by atoms with van der Waals surface area (Å²) in [5, 5.41) is 34.2. The lowest BCUT2D eigenvalue weighted by atomic mass is 10.0. The lowest BCUT2D eigenvalue weighted by Gasteiger charge is -2.24. The Labute approximate surface area is 184 Å². The van der Waals surface area contributed by atoms with Crippen LogP contribution in [0.4, 0.5) is 0 Å². The molecule has 4 unspecified atom stereocenters. The normalized spacial score (nSPS) is 14.8. The van der Waals surface area contributed by atoms with Gasteiger partial charge in [0.2, 0.25) is 17.7 Å². The van der Waals surface area contributed by atoms with E-state index in [0.29, 0.717) is 5.75 Å². The van der Waals surface area contributed by atoms with Gasteiger partial charge in [-0.2, -0.15) is 11.8 Å². The van der Waals surface area contributed by atoms with Crippen molar-refractivity contribution < 1.29 is 39.3 Å². The fraction of sp³-hybridized carbons (Fsp3) is 0.722. The van der Waals surface area contributed by atoms with Crippen molar-refractivity contribution in [1.82, 2.24) is 16.0 Å². The molecule has 0 saturated heterocycles. The van der Waals surface area contributed by atoms with Crippen molar-refractivity contribution in [1.29, 1.82) is 0 Å². The second-order valence-corrected chi connectivity index (χ2v) is 8.31. The fourth-order valence-corrected chi connectivity index (χ4v) is 2.96. The molecule has 0 aliphatic rings. The number of nitrogens with one attached hydrogen (secondary N) is 3. The summed E-state index contributed by atoms with van der Waals surface area (Å²) in [6, 6.07) is -5.20. The molecule has 3 amide bonds. The SMILES string of the molecule is CSCCC(NC(=O)C(N)CO)C(=O)NC(CC(=O)O)C(=O)NC(CC(C)C)C(=O)O. The Hall–Kier alpha value is -2.38. The summed E-state index contributed by atoms with van der Waals surface area (Å²) in [7, 11) is 0. The molecule has 178 valence electrons. The first-order valence-corrected chi connectivity index (χ1v) is 11.0. The summed E-state index contributed by atoms with van der Waals surface area (Å²) >= 11 is 1.39. The van der Waals surface area contributed by atoms with Gasteiger partial charge in [-0.3, -0.25) is 19.2 Å². The average molecular weight is 465 g/mol. The molecule has 12 nitrogen and oxygen atoms in total. The van der Waals surface area contributed by atoms with E-state index in [1.54, 1.807) is 20.1 Å². The predicted octanol–water partition coefficient (Wildman–Crippen LogP) is -1.88. The Morgan fingerprint density at radius 3 is 1.87 bits per heavy atom. The molecule has 0 heterocycles. The average Bonchev–Trinajstić information content (AvgIpc) is 2.68. The smallest absolute Gasteiger partial charge is 0.326 e. The van der Waals surface area contributed by atoms with Crippen LogP contribution in [0.5, 0.6) is 0 Å². The molecule has 0 aromatic carbocycles. The van der Waals surface area contributed by atoms with Gasteiger partial charge in [-0.1, -0.05) is 13.8 Å². The molecule has 0 aliphatic heterocycles. The maximum absolute atomic E-state index is 12.7. The molecule has 0 rings (SSSR count). The Balaban J connectivity index is 5.43. The van der Waals surface area contributed by atoms with Crippen LogP contribution in [-0.2, 0) is 24.0 Å². The number of hydrogen-bond acceptors (Lipinski definition) is 8. The maximum Gasteiger partial charge on any atom is 0.326 e. The number of aliphatic carboxylic acids is 2. The lowest BCUT2D eigenvalue weighted by molar-refractivity contribution is -0.144. The summed E-state index contributed by atoms with van der Waals surface area (Å²) in [6.07, 6.45) is 1.26. The molecular weight excluding hydrogens is 432 g/mol. The van der Waals surface area contributed by atoms with Gasteiger partial charge in [-0.25, -0.2) is 4.79 Å². The zero-order chi connectivity index (χ0) is 24.1. The van der Waals surface area contributed by atoms with E-state index in [4.69, 9.17) is 15.9 Å². The number of amides is 3. The summed E-state index contributed by atoms with van der Waals surface area (Å²) in [5.74, 6) is -4.86. The van der Waals surface area contributed by atoms with Gasteiger partial charge in [0.25, 0.3) is 0 Å². The molecule has 0 radical (unpaired) electrons. The maximum atomic E-state index is 12.7. The summed E-state index contributed by atoms with van der Waals surface area (Å²) in [6.45, 7) is 2.88. The third kappa shape index (κ3) is 11.5. The Morgan fingerprint density at radius 1 is 0.903 bits per heavy atom. The molecule has 13 heteroatoms. The van der Waals surface area contributed by atoms with Gasteiger partial charge < -0.3 is 37.0 Å². The minimum Gasteiger partial charge on any atom is -0.481 e. The number of aliphatic hydroxyl groups excluding tert-OH is 1. The van der Waals surface area contributed by atoms with E-state index in [1.165, 1.54) is 11.8 Å². The number of carbonyl (C=O) groups excluding carboxylic acids is 3. The van der Waals surface area contributed by atoms with E-state index >= 15 is 0 Å². The molecule has 0 aromatic heterocycles. The number of carboxylic acid groups (broad SMARTS) is 2. The van der Waals surface area contributed by atoms with Crippen molar-refractivity contribution in [3.8, 4) is 0 Å². The van der Waals surface area contributed by atoms with Crippen LogP contribution in [0.25, 0.3) is 0 Å². The minimum absolute atomic E-state index is 0.0595. The number of carboxylic acids is 2. The van der Waals surface area contributed by atoms with Gasteiger partial charge in [0.05, 0.1) is 13.0 Å². The summed E-state index contributed by atoms with van der Waals surface area (Å²) in [4.78, 5) is 59.7. The third-order valence-corrected chi connectivity index (χ3v) is 4.75. The van der Waals surface area contributed by atoms with E-state index in [-0.39, 0.29) is 18.8 Å². The molecule has 0 spiro atoms. The highest BCUT2D eigenvalue weighted by Crippen LogP contribution is 2.07. The first-order valence-electron chi connectivity index (χ1n) is 9.63. The van der Waals surface area contributed by atoms with Crippen LogP contribution in [0, 0.1) is 5.92 Å². The zero-order valence-corrected chi connectivity index (χ0v) is 18.6. The molecule has 4 atom stereocenters. The molecule has 0 bridgehead atoms. The molecule has 0 aromatic rings. The minimum atomic E-state index is -1.56. The number of carbonyl (C=O) groups is 5. The molecule has 8 N–H and O–H groups in total. The van der Waals surface area contributed by atoms with Crippen molar-refractivity contribution in [3.05, 3.63) is 0 Å². The molecule has 0 fully saturated rings. The van der Waals surface area contributed by atoms with Crippen LogP contribution in [0.3, 0.4) is 0 Å². The van der Waals surface area contributed by atoms with Crippen molar-refractivity contribution >= 4 is 41.4 Å². The van der Waals surface area contributed by atoms with Crippen molar-refractivity contribution in [2.75, 3.05) is 18.6 Å². The van der Waals surface area contributed by atoms with Crippen LogP contribution < -0.4 is 21.7 Å². The number of thioether (sulfide) groups is 1. The van der Waals surface area contributed by atoms with E-state index in [1.807, 2.05) is 0 Å². The number of rotatable bonds is 15. The van der Waals surface area contributed by atoms with Gasteiger partial charge in [0.1, 0.15) is 24.2 Å². The number of aliphatic hydroxyl groups is 1. The third-order valence-electron chi connectivity index (χ3n) is 4.11. The van der Waals surface area contributed by atoms with E-state index in [0.717, 1.165) is 0 Å². The Kier molecular flexibility index (Phi) is 13.5. The van der Waals surface area contributed by atoms with Crippen LogP contribution in [-0.4, -0.2) is 87.8 Å². The highest BCUT2D eigenvalue weighted by atomic mass is 32.2. The van der Waals surface area contributed by atoms with Gasteiger partial charge in [-0.05, 0) is 30.8 Å². The first kappa shape index (κ1) is 28.6. The second kappa shape index (κ2) is 14.6. The van der Waals surface area contributed by atoms with Crippen LogP contribution in [0.1, 0.15) is 33.1 Å². The van der Waals surface area contributed by atoms with E-state index in [2.05, 4.69) is 16.0 Å². The molecule has 0 saturated carbocycles. The molecule has 0 aliphatic carbocycles. The van der Waals surface area contributed by atoms with Crippen LogP contribution in [0.2, 0.25) is 0 Å². The van der Waals surface area contributed by atoms with Gasteiger partial charge in [-0.15, -0.1) is 0 Å². The second-order valence-electron chi connectivity index (χ2n) is 7.32. The summed E-state index contributed by atoms with van der Waals surface area (Å²) in [5.41, 5.74) is 5.44. The standard InChI is InChI=1S/C18H32N4O8S/c1-9(2)6-13(18(29)30)22-17(28)12(7-14(24)25)21-16(27)11(4-5-31-3)20-15(26)10(19)8-23/h9-13,23H,4-8,19H2,1-3H3,(H,20,26)(H,21,27)(H,22,28)(H,24,25)(H,29,30).